The molecule has 5 rings (SSSR count). The molecule has 0 spiro atoms. The van der Waals surface area contributed by atoms with Crippen molar-refractivity contribution in [3.8, 4) is 11.3 Å². The van der Waals surface area contributed by atoms with E-state index in [1.54, 1.807) is 35.5 Å². The number of rotatable bonds is 6. The van der Waals surface area contributed by atoms with Crippen LogP contribution >= 0.6 is 11.8 Å². The fraction of sp³-hybridized carbons (Fsp3) is 0.333. The SMILES string of the molecule is FC(F)(F)Cn1c(-c2cnn(Cc3ccncc3)c2)cc2c(NC3CCSCC3)cccc21. The first-order chi connectivity index (χ1) is 16.0. The lowest BCUT2D eigenvalue weighted by Gasteiger charge is -2.24. The van der Waals surface area contributed by atoms with Gasteiger partial charge in [0.2, 0.25) is 0 Å². The number of hydrogen-bond donors (Lipinski definition) is 1. The summed E-state index contributed by atoms with van der Waals surface area (Å²) in [6.07, 6.45) is 4.62. The fourth-order valence-corrected chi connectivity index (χ4v) is 5.43. The van der Waals surface area contributed by atoms with Crippen LogP contribution in [0.25, 0.3) is 22.2 Å². The highest BCUT2D eigenvalue weighted by Gasteiger charge is 2.30. The normalized spacial score (nSPS) is 15.2. The first-order valence-electron chi connectivity index (χ1n) is 10.9. The second-order valence-corrected chi connectivity index (χ2v) is 9.51. The minimum absolute atomic E-state index is 0.342. The van der Waals surface area contributed by atoms with Crippen molar-refractivity contribution in [1.29, 1.82) is 0 Å². The van der Waals surface area contributed by atoms with Crippen molar-refractivity contribution in [1.82, 2.24) is 19.3 Å². The van der Waals surface area contributed by atoms with Gasteiger partial charge in [0.25, 0.3) is 0 Å². The van der Waals surface area contributed by atoms with Gasteiger partial charge >= 0.3 is 6.18 Å². The minimum Gasteiger partial charge on any atom is -0.382 e. The first-order valence-corrected chi connectivity index (χ1v) is 12.1. The average molecular weight is 472 g/mol. The molecule has 4 heterocycles. The van der Waals surface area contributed by atoms with E-state index in [0.29, 0.717) is 29.4 Å². The molecule has 33 heavy (non-hydrogen) atoms. The summed E-state index contributed by atoms with van der Waals surface area (Å²) in [6.45, 7) is -0.528. The lowest BCUT2D eigenvalue weighted by Crippen LogP contribution is -2.24. The molecule has 5 nitrogen and oxygen atoms in total. The zero-order valence-electron chi connectivity index (χ0n) is 17.9. The monoisotopic (exact) mass is 471 g/mol. The molecule has 172 valence electrons. The third-order valence-corrected chi connectivity index (χ3v) is 6.94. The van der Waals surface area contributed by atoms with Crippen LogP contribution in [0.1, 0.15) is 18.4 Å². The Morgan fingerprint density at radius 2 is 1.88 bits per heavy atom. The molecule has 1 aliphatic rings. The van der Waals surface area contributed by atoms with E-state index >= 15 is 0 Å². The number of anilines is 1. The highest BCUT2D eigenvalue weighted by Crippen LogP contribution is 2.35. The van der Waals surface area contributed by atoms with Crippen LogP contribution in [-0.2, 0) is 13.1 Å². The number of halogens is 3. The van der Waals surface area contributed by atoms with E-state index in [4.69, 9.17) is 0 Å². The molecule has 0 bridgehead atoms. The van der Waals surface area contributed by atoms with Gasteiger partial charge in [0, 0.05) is 41.3 Å². The minimum atomic E-state index is -4.34. The first kappa shape index (κ1) is 21.9. The van der Waals surface area contributed by atoms with Gasteiger partial charge < -0.3 is 9.88 Å². The number of alkyl halides is 3. The predicted octanol–water partition coefficient (Wildman–Crippen LogP) is 5.82. The molecular weight excluding hydrogens is 447 g/mol. The van der Waals surface area contributed by atoms with Crippen LogP contribution in [0.5, 0.6) is 0 Å². The molecule has 1 saturated heterocycles. The Labute approximate surface area is 194 Å². The van der Waals surface area contributed by atoms with Crippen LogP contribution < -0.4 is 5.32 Å². The molecule has 1 aliphatic heterocycles. The highest BCUT2D eigenvalue weighted by atomic mass is 32.2. The molecule has 0 unspecified atom stereocenters. The largest absolute Gasteiger partial charge is 0.406 e. The molecule has 9 heteroatoms. The molecule has 0 saturated carbocycles. The summed E-state index contributed by atoms with van der Waals surface area (Å²) in [5.74, 6) is 2.20. The maximum atomic E-state index is 13.5. The second kappa shape index (κ2) is 9.13. The van der Waals surface area contributed by atoms with Crippen molar-refractivity contribution in [3.05, 3.63) is 66.7 Å². The van der Waals surface area contributed by atoms with E-state index in [0.717, 1.165) is 41.0 Å². The molecule has 1 aromatic carbocycles. The van der Waals surface area contributed by atoms with Gasteiger partial charge in [-0.15, -0.1) is 0 Å². The summed E-state index contributed by atoms with van der Waals surface area (Å²) in [5.41, 5.74) is 3.64. The van der Waals surface area contributed by atoms with Crippen LogP contribution in [0.2, 0.25) is 0 Å². The molecule has 1 fully saturated rings. The van der Waals surface area contributed by atoms with Crippen LogP contribution in [-0.4, -0.2) is 43.1 Å². The number of hydrogen-bond acceptors (Lipinski definition) is 4. The van der Waals surface area contributed by atoms with Crippen molar-refractivity contribution in [2.75, 3.05) is 16.8 Å². The topological polar surface area (TPSA) is 47.7 Å². The van der Waals surface area contributed by atoms with Crippen molar-refractivity contribution in [2.24, 2.45) is 0 Å². The molecule has 4 aromatic rings. The van der Waals surface area contributed by atoms with Crippen LogP contribution in [0.3, 0.4) is 0 Å². The Balaban J connectivity index is 1.53. The number of fused-ring (bicyclic) bond motifs is 1. The van der Waals surface area contributed by atoms with Gasteiger partial charge in [-0.3, -0.25) is 9.67 Å². The van der Waals surface area contributed by atoms with Crippen molar-refractivity contribution < 1.29 is 13.2 Å². The third-order valence-electron chi connectivity index (χ3n) is 5.89. The van der Waals surface area contributed by atoms with Crippen LogP contribution in [0, 0.1) is 0 Å². The number of benzene rings is 1. The van der Waals surface area contributed by atoms with Crippen LogP contribution in [0.4, 0.5) is 18.9 Å². The quantitative estimate of drug-likeness (QED) is 0.385. The van der Waals surface area contributed by atoms with Gasteiger partial charge in [-0.05, 0) is 60.2 Å². The number of nitrogens with zero attached hydrogens (tertiary/aromatic N) is 4. The smallest absolute Gasteiger partial charge is 0.382 e. The second-order valence-electron chi connectivity index (χ2n) is 8.28. The lowest BCUT2D eigenvalue weighted by molar-refractivity contribution is -0.139. The summed E-state index contributed by atoms with van der Waals surface area (Å²) in [7, 11) is 0. The van der Waals surface area contributed by atoms with E-state index in [1.807, 2.05) is 42.1 Å². The average Bonchev–Trinajstić information content (AvgIpc) is 3.40. The predicted molar refractivity (Wildman–Crippen MR) is 127 cm³/mol. The number of nitrogens with one attached hydrogen (secondary N) is 1. The highest BCUT2D eigenvalue weighted by molar-refractivity contribution is 7.99. The van der Waals surface area contributed by atoms with Gasteiger partial charge in [0.15, 0.2) is 0 Å². The van der Waals surface area contributed by atoms with Gasteiger partial charge in [-0.1, -0.05) is 6.07 Å². The third kappa shape index (κ3) is 5.03. The van der Waals surface area contributed by atoms with Crippen molar-refractivity contribution >= 4 is 28.4 Å². The van der Waals surface area contributed by atoms with Gasteiger partial charge in [0.1, 0.15) is 6.54 Å². The zero-order chi connectivity index (χ0) is 22.8. The summed E-state index contributed by atoms with van der Waals surface area (Å²) in [6, 6.07) is 11.5. The van der Waals surface area contributed by atoms with Crippen molar-refractivity contribution in [2.45, 2.75) is 38.1 Å². The maximum Gasteiger partial charge on any atom is 0.406 e. The Morgan fingerprint density at radius 1 is 1.09 bits per heavy atom. The van der Waals surface area contributed by atoms with E-state index in [9.17, 15) is 13.2 Å². The van der Waals surface area contributed by atoms with Gasteiger partial charge in [-0.25, -0.2) is 0 Å². The standard InChI is InChI=1S/C24H24F3N5S/c25-24(26,27)16-32-22-3-1-2-21(30-19-6-10-33-11-7-19)20(22)12-23(32)18-13-29-31(15-18)14-17-4-8-28-9-5-17/h1-5,8-9,12-13,15,19,30H,6-7,10-11,14,16H2. The number of pyridine rings is 1. The molecular formula is C24H24F3N5S. The Bertz CT molecular complexity index is 1230. The van der Waals surface area contributed by atoms with Gasteiger partial charge in [-0.2, -0.15) is 30.0 Å². The van der Waals surface area contributed by atoms with E-state index in [2.05, 4.69) is 15.4 Å². The lowest BCUT2D eigenvalue weighted by atomic mass is 10.1. The van der Waals surface area contributed by atoms with Crippen LogP contribution in [0.15, 0.2) is 61.2 Å². The van der Waals surface area contributed by atoms with Gasteiger partial charge in [0.05, 0.1) is 24.0 Å². The summed E-state index contributed by atoms with van der Waals surface area (Å²) < 4.78 is 43.7. The van der Waals surface area contributed by atoms with Crippen molar-refractivity contribution in [3.63, 3.8) is 0 Å². The summed E-state index contributed by atoms with van der Waals surface area (Å²) in [4.78, 5) is 4.01. The number of thioether (sulfide) groups is 1. The molecule has 0 radical (unpaired) electrons. The summed E-state index contributed by atoms with van der Waals surface area (Å²) in [5, 5.41) is 8.78. The zero-order valence-corrected chi connectivity index (χ0v) is 18.7. The molecule has 3 aromatic heterocycles. The Kier molecular flexibility index (Phi) is 6.05. The van der Waals surface area contributed by atoms with E-state index in [1.165, 1.54) is 4.57 Å². The Morgan fingerprint density at radius 3 is 2.64 bits per heavy atom. The molecule has 0 amide bonds. The number of aromatic nitrogens is 4. The summed E-state index contributed by atoms with van der Waals surface area (Å²) >= 11 is 1.94. The molecule has 0 atom stereocenters. The molecule has 1 N–H and O–H groups in total. The Hall–Kier alpha value is -2.94. The fourth-order valence-electron chi connectivity index (χ4n) is 4.32. The van der Waals surface area contributed by atoms with E-state index in [-0.39, 0.29) is 0 Å². The van der Waals surface area contributed by atoms with E-state index < -0.39 is 12.7 Å². The maximum absolute atomic E-state index is 13.5. The molecule has 0 aliphatic carbocycles.